The highest BCUT2D eigenvalue weighted by Crippen LogP contribution is 2.37. The summed E-state index contributed by atoms with van der Waals surface area (Å²) in [4.78, 5) is 11.4. The Morgan fingerprint density at radius 2 is 2.35 bits per heavy atom. The quantitative estimate of drug-likeness (QED) is 0.849. The number of anilines is 1. The summed E-state index contributed by atoms with van der Waals surface area (Å²) < 4.78 is 19.3. The second-order valence-electron chi connectivity index (χ2n) is 4.47. The number of aromatic hydroxyl groups is 1. The van der Waals surface area contributed by atoms with Crippen molar-refractivity contribution in [3.05, 3.63) is 23.0 Å². The number of hydrogen-bond donors (Lipinski definition) is 1. The Balaban J connectivity index is 2.41. The molecule has 5 nitrogen and oxygen atoms in total. The van der Waals surface area contributed by atoms with Gasteiger partial charge in [0.05, 0.1) is 5.02 Å². The topological polar surface area (TPSA) is 62.1 Å². The molecule has 1 aromatic rings. The van der Waals surface area contributed by atoms with Crippen LogP contribution in [0.15, 0.2) is 17.2 Å². The monoisotopic (exact) mass is 300 g/mol. The van der Waals surface area contributed by atoms with Gasteiger partial charge < -0.3 is 9.84 Å². The van der Waals surface area contributed by atoms with Crippen molar-refractivity contribution in [2.24, 2.45) is 5.10 Å². The van der Waals surface area contributed by atoms with Gasteiger partial charge in [-0.3, -0.25) is 4.79 Å². The molecule has 0 spiro atoms. The molecule has 1 heterocycles. The van der Waals surface area contributed by atoms with Gasteiger partial charge in [-0.15, -0.1) is 5.10 Å². The third-order valence-corrected chi connectivity index (χ3v) is 3.40. The van der Waals surface area contributed by atoms with Crippen molar-refractivity contribution in [1.82, 2.24) is 0 Å². The number of hydrogen-bond acceptors (Lipinski definition) is 5. The number of benzene rings is 1. The number of rotatable bonds is 5. The van der Waals surface area contributed by atoms with Crippen LogP contribution < -0.4 is 5.01 Å². The van der Waals surface area contributed by atoms with Crippen LogP contribution in [0.4, 0.5) is 10.1 Å². The number of ether oxygens (including phenoxy) is 1. The fraction of sp³-hybridized carbons (Fsp3) is 0.385. The highest BCUT2D eigenvalue weighted by Gasteiger charge is 2.43. The van der Waals surface area contributed by atoms with E-state index in [9.17, 15) is 14.3 Å². The van der Waals surface area contributed by atoms with E-state index in [4.69, 9.17) is 16.3 Å². The first-order valence-corrected chi connectivity index (χ1v) is 6.56. The lowest BCUT2D eigenvalue weighted by molar-refractivity contribution is -0.121. The minimum absolute atomic E-state index is 0.0659. The van der Waals surface area contributed by atoms with Crippen LogP contribution in [0.1, 0.15) is 26.2 Å². The van der Waals surface area contributed by atoms with Crippen molar-refractivity contribution in [1.29, 1.82) is 0 Å². The number of unbranched alkanes of at least 4 members (excludes halogenated alkanes) is 1. The van der Waals surface area contributed by atoms with E-state index in [-0.39, 0.29) is 16.5 Å². The molecular formula is C13H14ClFN2O3. The highest BCUT2D eigenvalue weighted by molar-refractivity contribution is 6.32. The molecule has 0 saturated carbocycles. The van der Waals surface area contributed by atoms with Crippen molar-refractivity contribution in [3.63, 3.8) is 0 Å². The maximum absolute atomic E-state index is 14.0. The zero-order chi connectivity index (χ0) is 14.8. The minimum atomic E-state index is -1.38. The average Bonchev–Trinajstić information content (AvgIpc) is 2.85. The Morgan fingerprint density at radius 3 is 3.00 bits per heavy atom. The van der Waals surface area contributed by atoms with Crippen molar-refractivity contribution in [2.45, 2.75) is 31.9 Å². The molecule has 0 amide bonds. The Bertz CT molecular complexity index is 553. The van der Waals surface area contributed by atoms with Gasteiger partial charge in [0.25, 0.3) is 5.72 Å². The van der Waals surface area contributed by atoms with Gasteiger partial charge in [-0.1, -0.05) is 24.9 Å². The molecule has 1 N–H and O–H groups in total. The van der Waals surface area contributed by atoms with Gasteiger partial charge in [-0.2, -0.15) is 0 Å². The van der Waals surface area contributed by atoms with Gasteiger partial charge in [0, 0.05) is 12.5 Å². The van der Waals surface area contributed by atoms with Crippen molar-refractivity contribution >= 4 is 30.0 Å². The van der Waals surface area contributed by atoms with Crippen LogP contribution in [-0.2, 0) is 9.53 Å². The maximum Gasteiger partial charge on any atom is 0.259 e. The number of aldehydes is 1. The van der Waals surface area contributed by atoms with E-state index in [0.717, 1.165) is 30.0 Å². The number of hydrazone groups is 1. The summed E-state index contributed by atoms with van der Waals surface area (Å²) in [6.07, 6.45) is 3.59. The molecule has 20 heavy (non-hydrogen) atoms. The molecule has 1 aliphatic rings. The Hall–Kier alpha value is -1.82. The molecule has 1 atom stereocenters. The summed E-state index contributed by atoms with van der Waals surface area (Å²) in [5.41, 5.74) is -1.44. The number of phenolic OH excluding ortho intramolecular Hbond substituents is 1. The number of carbonyl (C=O) groups excluding carboxylic acids is 1. The van der Waals surface area contributed by atoms with Crippen LogP contribution in [-0.4, -0.2) is 23.5 Å². The molecule has 2 rings (SSSR count). The average molecular weight is 301 g/mol. The van der Waals surface area contributed by atoms with Crippen LogP contribution in [0.25, 0.3) is 0 Å². The van der Waals surface area contributed by atoms with Crippen LogP contribution in [0.2, 0.25) is 5.02 Å². The first kappa shape index (κ1) is 14.6. The lowest BCUT2D eigenvalue weighted by atomic mass is 10.1. The van der Waals surface area contributed by atoms with E-state index >= 15 is 0 Å². The van der Waals surface area contributed by atoms with Crippen LogP contribution in [0.3, 0.4) is 0 Å². The summed E-state index contributed by atoms with van der Waals surface area (Å²) in [7, 11) is 0. The van der Waals surface area contributed by atoms with E-state index in [1.807, 2.05) is 6.92 Å². The number of nitrogens with zero attached hydrogens (tertiary/aromatic N) is 2. The lowest BCUT2D eigenvalue weighted by Gasteiger charge is -2.31. The van der Waals surface area contributed by atoms with Gasteiger partial charge in [0.2, 0.25) is 0 Å². The predicted octanol–water partition coefficient (Wildman–Crippen LogP) is 3.05. The van der Waals surface area contributed by atoms with E-state index in [0.29, 0.717) is 19.1 Å². The summed E-state index contributed by atoms with van der Waals surface area (Å²) in [6, 6.07) is 2.09. The summed E-state index contributed by atoms with van der Waals surface area (Å²) in [5, 5.41) is 14.5. The van der Waals surface area contributed by atoms with E-state index < -0.39 is 11.5 Å². The fourth-order valence-electron chi connectivity index (χ4n) is 2.00. The third kappa shape index (κ3) is 2.43. The van der Waals surface area contributed by atoms with Gasteiger partial charge in [0.1, 0.15) is 17.3 Å². The normalized spacial score (nSPS) is 21.1. The Morgan fingerprint density at radius 1 is 1.60 bits per heavy atom. The highest BCUT2D eigenvalue weighted by atomic mass is 35.5. The van der Waals surface area contributed by atoms with Gasteiger partial charge in [-0.25, -0.2) is 9.40 Å². The zero-order valence-corrected chi connectivity index (χ0v) is 11.6. The third-order valence-electron chi connectivity index (χ3n) is 3.10. The van der Waals surface area contributed by atoms with Gasteiger partial charge in [-0.05, 0) is 12.5 Å². The standard InChI is InChI=1S/C13H14ClFN2O3/c1-2-3-4-13(7-18)17(16-8-20-13)11-6-12(19)9(14)5-10(11)15/h5-8,19H,2-4H2,1H3. The summed E-state index contributed by atoms with van der Waals surface area (Å²) >= 11 is 5.63. The molecule has 0 fully saturated rings. The first-order valence-electron chi connectivity index (χ1n) is 6.19. The van der Waals surface area contributed by atoms with Crippen molar-refractivity contribution in [2.75, 3.05) is 5.01 Å². The molecule has 7 heteroatoms. The molecule has 0 radical (unpaired) electrons. The van der Waals surface area contributed by atoms with E-state index in [1.165, 1.54) is 0 Å². The molecule has 0 aliphatic carbocycles. The number of halogens is 2. The largest absolute Gasteiger partial charge is 0.506 e. The molecule has 0 saturated heterocycles. The van der Waals surface area contributed by atoms with E-state index in [2.05, 4.69) is 5.10 Å². The first-order chi connectivity index (χ1) is 9.54. The maximum atomic E-state index is 14.0. The van der Waals surface area contributed by atoms with Crippen molar-refractivity contribution in [3.8, 4) is 5.75 Å². The Labute approximate surface area is 120 Å². The second kappa shape index (κ2) is 5.66. The second-order valence-corrected chi connectivity index (χ2v) is 4.88. The number of phenols is 1. The summed E-state index contributed by atoms with van der Waals surface area (Å²) in [6.45, 7) is 1.97. The zero-order valence-electron chi connectivity index (χ0n) is 10.8. The molecule has 1 unspecified atom stereocenters. The Kier molecular flexibility index (Phi) is 4.13. The van der Waals surface area contributed by atoms with Crippen LogP contribution in [0, 0.1) is 5.82 Å². The van der Waals surface area contributed by atoms with E-state index in [1.54, 1.807) is 0 Å². The molecule has 0 bridgehead atoms. The van der Waals surface area contributed by atoms with Gasteiger partial charge in [0.15, 0.2) is 12.7 Å². The molecular weight excluding hydrogens is 287 g/mol. The fourth-order valence-corrected chi connectivity index (χ4v) is 2.15. The van der Waals surface area contributed by atoms with Crippen LogP contribution in [0.5, 0.6) is 5.75 Å². The number of carbonyl (C=O) groups is 1. The molecule has 0 aromatic heterocycles. The SMILES string of the molecule is CCCCC1(C=O)OC=NN1c1cc(O)c(Cl)cc1F. The minimum Gasteiger partial charge on any atom is -0.506 e. The molecule has 1 aliphatic heterocycles. The van der Waals surface area contributed by atoms with Crippen molar-refractivity contribution < 1.29 is 19.0 Å². The smallest absolute Gasteiger partial charge is 0.259 e. The lowest BCUT2D eigenvalue weighted by Crippen LogP contribution is -2.46. The van der Waals surface area contributed by atoms with Crippen LogP contribution >= 0.6 is 11.6 Å². The molecule has 1 aromatic carbocycles. The predicted molar refractivity (Wildman–Crippen MR) is 73.5 cm³/mol. The van der Waals surface area contributed by atoms with Gasteiger partial charge >= 0.3 is 0 Å². The molecule has 108 valence electrons. The summed E-state index contributed by atoms with van der Waals surface area (Å²) in [5.74, 6) is -0.987.